The van der Waals surface area contributed by atoms with E-state index in [1.54, 1.807) is 7.11 Å². The van der Waals surface area contributed by atoms with Crippen LogP contribution in [0.1, 0.15) is 32.3 Å². The van der Waals surface area contributed by atoms with Crippen molar-refractivity contribution in [3.8, 4) is 0 Å². The SMILES string of the molecule is CC[Si](CC)(CCCCc1c(F)c(F)c(F)c(F)c1F)OC. The zero-order chi connectivity index (χ0) is 16.9. The van der Waals surface area contributed by atoms with Crippen molar-refractivity contribution < 1.29 is 26.4 Å². The predicted octanol–water partition coefficient (Wildman–Crippen LogP) is 5.34. The monoisotopic (exact) mass is 340 g/mol. The van der Waals surface area contributed by atoms with Crippen molar-refractivity contribution in [1.29, 1.82) is 0 Å². The molecule has 0 aliphatic carbocycles. The van der Waals surface area contributed by atoms with Gasteiger partial charge in [0.1, 0.15) is 0 Å². The van der Waals surface area contributed by atoms with Crippen LogP contribution in [0.15, 0.2) is 0 Å². The van der Waals surface area contributed by atoms with Crippen LogP contribution >= 0.6 is 0 Å². The molecule has 0 spiro atoms. The zero-order valence-corrected chi connectivity index (χ0v) is 14.0. The van der Waals surface area contributed by atoms with Crippen molar-refractivity contribution in [1.82, 2.24) is 0 Å². The molecule has 0 aliphatic heterocycles. The Morgan fingerprint density at radius 2 is 1.23 bits per heavy atom. The lowest BCUT2D eigenvalue weighted by Gasteiger charge is -2.27. The van der Waals surface area contributed by atoms with Gasteiger partial charge in [-0.1, -0.05) is 20.3 Å². The lowest BCUT2D eigenvalue weighted by molar-refractivity contribution is 0.368. The molecule has 0 bridgehead atoms. The molecule has 1 nitrogen and oxygen atoms in total. The van der Waals surface area contributed by atoms with E-state index in [4.69, 9.17) is 4.43 Å². The first-order valence-electron chi connectivity index (χ1n) is 7.39. The second-order valence-electron chi connectivity index (χ2n) is 5.35. The fraction of sp³-hybridized carbons (Fsp3) is 0.600. The minimum absolute atomic E-state index is 0.173. The van der Waals surface area contributed by atoms with Gasteiger partial charge in [-0.3, -0.25) is 0 Å². The van der Waals surface area contributed by atoms with Crippen LogP contribution in [0.5, 0.6) is 0 Å². The summed E-state index contributed by atoms with van der Waals surface area (Å²) < 4.78 is 71.8. The third-order valence-electron chi connectivity index (χ3n) is 4.33. The highest BCUT2D eigenvalue weighted by Crippen LogP contribution is 2.27. The van der Waals surface area contributed by atoms with Gasteiger partial charge >= 0.3 is 0 Å². The first-order chi connectivity index (χ1) is 10.3. The number of hydrogen-bond donors (Lipinski definition) is 0. The third-order valence-corrected chi connectivity index (χ3v) is 9.04. The van der Waals surface area contributed by atoms with Crippen LogP contribution in [-0.2, 0) is 10.8 Å². The average Bonchev–Trinajstić information content (AvgIpc) is 2.54. The molecule has 0 saturated heterocycles. The van der Waals surface area contributed by atoms with Gasteiger partial charge in [0.25, 0.3) is 0 Å². The Bertz CT molecular complexity index is 480. The Hall–Kier alpha value is -0.953. The molecule has 1 aromatic rings. The number of rotatable bonds is 8. The number of hydrogen-bond acceptors (Lipinski definition) is 1. The van der Waals surface area contributed by atoms with Crippen LogP contribution < -0.4 is 0 Å². The zero-order valence-electron chi connectivity index (χ0n) is 13.0. The molecule has 0 amide bonds. The third kappa shape index (κ3) is 3.87. The van der Waals surface area contributed by atoms with Gasteiger partial charge in [-0.2, -0.15) is 0 Å². The van der Waals surface area contributed by atoms with Crippen LogP contribution in [0.3, 0.4) is 0 Å². The van der Waals surface area contributed by atoms with Crippen LogP contribution in [0.2, 0.25) is 18.1 Å². The topological polar surface area (TPSA) is 9.23 Å². The standard InChI is InChI=1S/C15H21F5OSi/c1-4-22(5-2,21-3)9-7-6-8-10-11(16)13(18)15(20)14(19)12(10)17/h4-9H2,1-3H3. The summed E-state index contributed by atoms with van der Waals surface area (Å²) in [4.78, 5) is 0. The molecule has 22 heavy (non-hydrogen) atoms. The largest absolute Gasteiger partial charge is 0.420 e. The van der Waals surface area contributed by atoms with Crippen LogP contribution in [0.4, 0.5) is 22.0 Å². The summed E-state index contributed by atoms with van der Waals surface area (Å²) in [7, 11) is -0.139. The van der Waals surface area contributed by atoms with Gasteiger partial charge in [0.15, 0.2) is 31.6 Å². The highest BCUT2D eigenvalue weighted by atomic mass is 28.4. The summed E-state index contributed by atoms with van der Waals surface area (Å²) in [5, 5.41) is 0. The summed E-state index contributed by atoms with van der Waals surface area (Å²) in [6.45, 7) is 4.09. The maximum Gasteiger partial charge on any atom is 0.200 e. The van der Waals surface area contributed by atoms with E-state index in [2.05, 4.69) is 0 Å². The summed E-state index contributed by atoms with van der Waals surface area (Å²) in [6, 6.07) is 2.68. The van der Waals surface area contributed by atoms with Crippen molar-refractivity contribution >= 4 is 8.32 Å². The van der Waals surface area contributed by atoms with Crippen molar-refractivity contribution in [3.05, 3.63) is 34.6 Å². The van der Waals surface area contributed by atoms with Gasteiger partial charge in [0, 0.05) is 12.7 Å². The highest BCUT2D eigenvalue weighted by molar-refractivity contribution is 6.73. The van der Waals surface area contributed by atoms with Crippen molar-refractivity contribution in [3.63, 3.8) is 0 Å². The maximum atomic E-state index is 13.5. The van der Waals surface area contributed by atoms with E-state index in [0.717, 1.165) is 18.1 Å². The molecule has 0 fully saturated rings. The molecule has 0 unspecified atom stereocenters. The summed E-state index contributed by atoms with van der Waals surface area (Å²) in [5.41, 5.74) is -0.728. The van der Waals surface area contributed by atoms with Gasteiger partial charge in [-0.25, -0.2) is 22.0 Å². The van der Waals surface area contributed by atoms with E-state index in [1.807, 2.05) is 13.8 Å². The minimum atomic E-state index is -2.11. The quantitative estimate of drug-likeness (QED) is 0.204. The van der Waals surface area contributed by atoms with Crippen LogP contribution in [0.25, 0.3) is 0 Å². The van der Waals surface area contributed by atoms with Gasteiger partial charge < -0.3 is 4.43 Å². The Morgan fingerprint density at radius 1 is 0.773 bits per heavy atom. The molecule has 1 aromatic carbocycles. The molecule has 7 heteroatoms. The summed E-state index contributed by atoms with van der Waals surface area (Å²) in [5.74, 6) is -9.31. The van der Waals surface area contributed by atoms with Gasteiger partial charge in [0.05, 0.1) is 0 Å². The van der Waals surface area contributed by atoms with Crippen molar-refractivity contribution in [2.45, 2.75) is 51.2 Å². The molecule has 0 atom stereocenters. The molecule has 0 N–H and O–H groups in total. The maximum absolute atomic E-state index is 13.5. The first-order valence-corrected chi connectivity index (χ1v) is 9.92. The second-order valence-corrected chi connectivity index (χ2v) is 10.0. The van der Waals surface area contributed by atoms with Crippen LogP contribution in [0, 0.1) is 29.1 Å². The molecule has 0 radical (unpaired) electrons. The van der Waals surface area contributed by atoms with Crippen molar-refractivity contribution in [2.75, 3.05) is 7.11 Å². The number of halogens is 5. The fourth-order valence-electron chi connectivity index (χ4n) is 2.61. The normalized spacial score (nSPS) is 12.0. The fourth-order valence-corrected chi connectivity index (χ4v) is 5.50. The van der Waals surface area contributed by atoms with Crippen molar-refractivity contribution in [2.24, 2.45) is 0 Å². The Labute approximate surface area is 128 Å². The molecule has 0 saturated carbocycles. The lowest BCUT2D eigenvalue weighted by atomic mass is 10.1. The molecule has 126 valence electrons. The van der Waals surface area contributed by atoms with E-state index < -0.39 is 43.0 Å². The molecular formula is C15H21F5OSi. The van der Waals surface area contributed by atoms with Gasteiger partial charge in [0.2, 0.25) is 5.82 Å². The van der Waals surface area contributed by atoms with E-state index >= 15 is 0 Å². The van der Waals surface area contributed by atoms with E-state index in [0.29, 0.717) is 12.8 Å². The van der Waals surface area contributed by atoms with E-state index in [1.165, 1.54) is 0 Å². The average molecular weight is 340 g/mol. The molecule has 0 aliphatic rings. The van der Waals surface area contributed by atoms with E-state index in [9.17, 15) is 22.0 Å². The Balaban J connectivity index is 2.74. The molecule has 0 heterocycles. The number of benzene rings is 1. The Kier molecular flexibility index (Phi) is 6.99. The predicted molar refractivity (Wildman–Crippen MR) is 77.7 cm³/mol. The van der Waals surface area contributed by atoms with Gasteiger partial charge in [-0.15, -0.1) is 0 Å². The van der Waals surface area contributed by atoms with Crippen LogP contribution in [-0.4, -0.2) is 15.4 Å². The first kappa shape index (κ1) is 19.1. The molecule has 1 rings (SSSR count). The lowest BCUT2D eigenvalue weighted by Crippen LogP contribution is -2.35. The van der Waals surface area contributed by atoms with E-state index in [-0.39, 0.29) is 6.42 Å². The smallest absolute Gasteiger partial charge is 0.200 e. The van der Waals surface area contributed by atoms with Gasteiger partial charge in [-0.05, 0) is 31.0 Å². The Morgan fingerprint density at radius 3 is 1.64 bits per heavy atom. The second kappa shape index (κ2) is 8.06. The summed E-state index contributed by atoms with van der Waals surface area (Å²) >= 11 is 0. The summed E-state index contributed by atoms with van der Waals surface area (Å²) in [6.07, 6.45) is 0.825. The molecular weight excluding hydrogens is 319 g/mol. The highest BCUT2D eigenvalue weighted by Gasteiger charge is 2.29. The molecule has 0 aromatic heterocycles. The minimum Gasteiger partial charge on any atom is -0.420 e. The number of unbranched alkanes of at least 4 members (excludes halogenated alkanes) is 1.